The molecule has 1 saturated heterocycles. The molecule has 2 nitrogen and oxygen atoms in total. The number of hydrogen-bond donors (Lipinski definition) is 1. The van der Waals surface area contributed by atoms with Crippen LogP contribution in [0.2, 0.25) is 0 Å². The van der Waals surface area contributed by atoms with E-state index in [0.717, 1.165) is 11.8 Å². The summed E-state index contributed by atoms with van der Waals surface area (Å²) < 4.78 is 0. The van der Waals surface area contributed by atoms with Gasteiger partial charge in [0.2, 0.25) is 0 Å². The Morgan fingerprint density at radius 2 is 2.15 bits per heavy atom. The van der Waals surface area contributed by atoms with Gasteiger partial charge in [0.15, 0.2) is 0 Å². The number of nitrogens with two attached hydrogens (primary N) is 1. The number of rotatable bonds is 3. The Morgan fingerprint density at radius 3 is 2.77 bits per heavy atom. The van der Waals surface area contributed by atoms with E-state index in [9.17, 15) is 0 Å². The quantitative estimate of drug-likeness (QED) is 0.716. The second-order valence-corrected chi connectivity index (χ2v) is 4.96. The number of hydrogen-bond acceptors (Lipinski definition) is 2. The molecule has 2 aliphatic rings. The van der Waals surface area contributed by atoms with Crippen LogP contribution in [-0.4, -0.2) is 30.6 Å². The zero-order chi connectivity index (χ0) is 9.26. The SMILES string of the molecule is CC(N)C1CCCN(CC2CC2)C1. The molecule has 2 rings (SSSR count). The molecule has 0 aromatic heterocycles. The Labute approximate surface area is 81.5 Å². The summed E-state index contributed by atoms with van der Waals surface area (Å²) in [7, 11) is 0. The number of nitrogens with zero attached hydrogens (tertiary/aromatic N) is 1. The monoisotopic (exact) mass is 182 g/mol. The summed E-state index contributed by atoms with van der Waals surface area (Å²) in [5, 5.41) is 0. The lowest BCUT2D eigenvalue weighted by atomic mass is 9.92. The summed E-state index contributed by atoms with van der Waals surface area (Å²) in [5.41, 5.74) is 5.95. The summed E-state index contributed by atoms with van der Waals surface area (Å²) in [6.45, 7) is 6.09. The summed E-state index contributed by atoms with van der Waals surface area (Å²) in [6, 6.07) is 0.391. The van der Waals surface area contributed by atoms with Gasteiger partial charge in [-0.05, 0) is 51.0 Å². The summed E-state index contributed by atoms with van der Waals surface area (Å²) in [5.74, 6) is 1.79. The van der Waals surface area contributed by atoms with Crippen LogP contribution < -0.4 is 5.73 Å². The van der Waals surface area contributed by atoms with Crippen LogP contribution in [-0.2, 0) is 0 Å². The van der Waals surface area contributed by atoms with Crippen LogP contribution in [0.5, 0.6) is 0 Å². The maximum Gasteiger partial charge on any atom is 0.00509 e. The van der Waals surface area contributed by atoms with Crippen molar-refractivity contribution in [2.45, 2.75) is 38.6 Å². The summed E-state index contributed by atoms with van der Waals surface area (Å²) in [6.07, 6.45) is 5.65. The van der Waals surface area contributed by atoms with Gasteiger partial charge in [-0.2, -0.15) is 0 Å². The molecule has 0 amide bonds. The lowest BCUT2D eigenvalue weighted by Gasteiger charge is -2.34. The molecule has 1 aliphatic heterocycles. The van der Waals surface area contributed by atoms with Gasteiger partial charge in [0.1, 0.15) is 0 Å². The smallest absolute Gasteiger partial charge is 0.00509 e. The van der Waals surface area contributed by atoms with E-state index in [1.807, 2.05) is 0 Å². The summed E-state index contributed by atoms with van der Waals surface area (Å²) in [4.78, 5) is 2.63. The lowest BCUT2D eigenvalue weighted by molar-refractivity contribution is 0.155. The van der Waals surface area contributed by atoms with Crippen LogP contribution in [0.3, 0.4) is 0 Å². The first kappa shape index (κ1) is 9.47. The van der Waals surface area contributed by atoms with Gasteiger partial charge in [-0.15, -0.1) is 0 Å². The molecule has 2 N–H and O–H groups in total. The molecule has 13 heavy (non-hydrogen) atoms. The molecule has 2 heteroatoms. The van der Waals surface area contributed by atoms with Gasteiger partial charge in [0.05, 0.1) is 0 Å². The first-order valence-corrected chi connectivity index (χ1v) is 5.73. The Morgan fingerprint density at radius 1 is 1.38 bits per heavy atom. The highest BCUT2D eigenvalue weighted by Crippen LogP contribution is 2.31. The highest BCUT2D eigenvalue weighted by molar-refractivity contribution is 4.83. The fourth-order valence-corrected chi connectivity index (χ4v) is 2.35. The van der Waals surface area contributed by atoms with Crippen LogP contribution in [0.4, 0.5) is 0 Å². The molecule has 1 saturated carbocycles. The van der Waals surface area contributed by atoms with Gasteiger partial charge in [0.25, 0.3) is 0 Å². The molecule has 76 valence electrons. The van der Waals surface area contributed by atoms with Crippen molar-refractivity contribution in [3.63, 3.8) is 0 Å². The maximum atomic E-state index is 5.95. The minimum Gasteiger partial charge on any atom is -0.328 e. The van der Waals surface area contributed by atoms with Crippen molar-refractivity contribution in [1.82, 2.24) is 4.90 Å². The Kier molecular flexibility index (Phi) is 2.89. The van der Waals surface area contributed by atoms with E-state index < -0.39 is 0 Å². The van der Waals surface area contributed by atoms with Gasteiger partial charge in [-0.3, -0.25) is 0 Å². The third-order valence-corrected chi connectivity index (χ3v) is 3.50. The van der Waals surface area contributed by atoms with Gasteiger partial charge in [0, 0.05) is 19.1 Å². The highest BCUT2D eigenvalue weighted by Gasteiger charge is 2.28. The first-order chi connectivity index (χ1) is 6.25. The van der Waals surface area contributed by atoms with E-state index in [-0.39, 0.29) is 0 Å². The molecule has 1 aliphatic carbocycles. The fourth-order valence-electron chi connectivity index (χ4n) is 2.35. The van der Waals surface area contributed by atoms with Gasteiger partial charge in [-0.25, -0.2) is 0 Å². The van der Waals surface area contributed by atoms with E-state index in [2.05, 4.69) is 11.8 Å². The zero-order valence-corrected chi connectivity index (χ0v) is 8.71. The lowest BCUT2D eigenvalue weighted by Crippen LogP contribution is -2.43. The average molecular weight is 182 g/mol. The van der Waals surface area contributed by atoms with Crippen LogP contribution >= 0.6 is 0 Å². The second kappa shape index (κ2) is 3.97. The second-order valence-electron chi connectivity index (χ2n) is 4.96. The molecular formula is C11H22N2. The minimum atomic E-state index is 0.391. The van der Waals surface area contributed by atoms with Gasteiger partial charge >= 0.3 is 0 Å². The van der Waals surface area contributed by atoms with Crippen LogP contribution in [0.1, 0.15) is 32.6 Å². The van der Waals surface area contributed by atoms with Crippen molar-refractivity contribution in [3.8, 4) is 0 Å². The standard InChI is InChI=1S/C11H22N2/c1-9(12)11-3-2-6-13(8-11)7-10-4-5-10/h9-11H,2-8,12H2,1H3. The Hall–Kier alpha value is -0.0800. The van der Waals surface area contributed by atoms with E-state index in [1.54, 1.807) is 0 Å². The fraction of sp³-hybridized carbons (Fsp3) is 1.00. The normalized spacial score (nSPS) is 33.2. The largest absolute Gasteiger partial charge is 0.328 e. The van der Waals surface area contributed by atoms with E-state index in [1.165, 1.54) is 45.3 Å². The van der Waals surface area contributed by atoms with Crippen molar-refractivity contribution in [2.75, 3.05) is 19.6 Å². The molecule has 0 radical (unpaired) electrons. The number of piperidine rings is 1. The van der Waals surface area contributed by atoms with Gasteiger partial charge in [-0.1, -0.05) is 0 Å². The molecule has 1 heterocycles. The molecule has 0 aromatic carbocycles. The van der Waals surface area contributed by atoms with Crippen LogP contribution in [0, 0.1) is 11.8 Å². The van der Waals surface area contributed by atoms with Crippen molar-refractivity contribution >= 4 is 0 Å². The molecule has 0 aromatic rings. The van der Waals surface area contributed by atoms with Crippen molar-refractivity contribution in [3.05, 3.63) is 0 Å². The Balaban J connectivity index is 1.77. The predicted octanol–water partition coefficient (Wildman–Crippen LogP) is 1.46. The molecule has 0 spiro atoms. The van der Waals surface area contributed by atoms with Crippen molar-refractivity contribution < 1.29 is 0 Å². The van der Waals surface area contributed by atoms with E-state index >= 15 is 0 Å². The minimum absolute atomic E-state index is 0.391. The maximum absolute atomic E-state index is 5.95. The number of likely N-dealkylation sites (tertiary alicyclic amines) is 1. The van der Waals surface area contributed by atoms with Crippen LogP contribution in [0.15, 0.2) is 0 Å². The predicted molar refractivity (Wildman–Crippen MR) is 55.5 cm³/mol. The topological polar surface area (TPSA) is 29.3 Å². The van der Waals surface area contributed by atoms with E-state index in [4.69, 9.17) is 5.73 Å². The van der Waals surface area contributed by atoms with Crippen molar-refractivity contribution in [1.29, 1.82) is 0 Å². The molecule has 2 fully saturated rings. The molecule has 0 bridgehead atoms. The van der Waals surface area contributed by atoms with Gasteiger partial charge < -0.3 is 10.6 Å². The van der Waals surface area contributed by atoms with Crippen molar-refractivity contribution in [2.24, 2.45) is 17.6 Å². The third kappa shape index (κ3) is 2.68. The molecule has 2 unspecified atom stereocenters. The van der Waals surface area contributed by atoms with Crippen LogP contribution in [0.25, 0.3) is 0 Å². The molecule has 2 atom stereocenters. The zero-order valence-electron chi connectivity index (χ0n) is 8.71. The molecular weight excluding hydrogens is 160 g/mol. The highest BCUT2D eigenvalue weighted by atomic mass is 15.1. The first-order valence-electron chi connectivity index (χ1n) is 5.73. The summed E-state index contributed by atoms with van der Waals surface area (Å²) >= 11 is 0. The Bertz CT molecular complexity index is 163. The van der Waals surface area contributed by atoms with E-state index in [0.29, 0.717) is 6.04 Å². The average Bonchev–Trinajstić information content (AvgIpc) is 2.89. The third-order valence-electron chi connectivity index (χ3n) is 3.50.